The molecule has 1 amide bonds. The maximum Gasteiger partial charge on any atom is 0.338 e. The summed E-state index contributed by atoms with van der Waals surface area (Å²) in [7, 11) is 1.51. The van der Waals surface area contributed by atoms with Crippen molar-refractivity contribution >= 4 is 39.5 Å². The Hall–Kier alpha value is -3.06. The summed E-state index contributed by atoms with van der Waals surface area (Å²) >= 11 is 0. The molecule has 2 aromatic carbocycles. The Kier molecular flexibility index (Phi) is 4.68. The largest absolute Gasteiger partial charge is 0.495 e. The number of esters is 1. The van der Waals surface area contributed by atoms with Crippen LogP contribution in [-0.4, -0.2) is 36.3 Å². The lowest BCUT2D eigenvalue weighted by molar-refractivity contribution is -0.166. The number of ether oxygens (including phenoxy) is 2. The maximum absolute atomic E-state index is 12.3. The Labute approximate surface area is 161 Å². The highest BCUT2D eigenvalue weighted by atomic mass is 16.6. The molecule has 0 spiro atoms. The highest BCUT2D eigenvalue weighted by Crippen LogP contribution is 2.36. The molecule has 1 saturated carbocycles. The van der Waals surface area contributed by atoms with Crippen molar-refractivity contribution in [1.29, 1.82) is 0 Å². The molecule has 7 nitrogen and oxygen atoms in total. The van der Waals surface area contributed by atoms with Gasteiger partial charge in [-0.25, -0.2) is 4.79 Å². The number of benzene rings is 2. The second kappa shape index (κ2) is 7.16. The minimum absolute atomic E-state index is 0.365. The molecule has 0 atom stereocenters. The van der Waals surface area contributed by atoms with Crippen LogP contribution in [0.5, 0.6) is 5.75 Å². The van der Waals surface area contributed by atoms with Gasteiger partial charge in [-0.05, 0) is 37.8 Å². The van der Waals surface area contributed by atoms with Crippen LogP contribution >= 0.6 is 0 Å². The van der Waals surface area contributed by atoms with Gasteiger partial charge in [-0.3, -0.25) is 4.79 Å². The van der Waals surface area contributed by atoms with E-state index in [1.165, 1.54) is 7.11 Å². The smallest absolute Gasteiger partial charge is 0.338 e. The highest BCUT2D eigenvalue weighted by Gasteiger charge is 2.40. The molecule has 3 aromatic rings. The SMILES string of the molecule is COc1cc2c(cc1NC(=O)COC(=O)C1(O)CCCC1)oc1ccccc12. The molecule has 0 bridgehead atoms. The molecule has 1 aliphatic rings. The Balaban J connectivity index is 1.51. The van der Waals surface area contributed by atoms with Crippen LogP contribution in [0.2, 0.25) is 0 Å². The standard InChI is InChI=1S/C21H21NO6/c1-26-18-10-14-13-6-2-3-7-16(13)28-17(14)11-15(18)22-19(23)12-27-20(24)21(25)8-4-5-9-21/h2-3,6-7,10-11,25H,4-5,8-9,12H2,1H3,(H,22,23). The lowest BCUT2D eigenvalue weighted by Crippen LogP contribution is -2.38. The van der Waals surface area contributed by atoms with Crippen LogP contribution in [-0.2, 0) is 14.3 Å². The van der Waals surface area contributed by atoms with E-state index in [1.807, 2.05) is 24.3 Å². The van der Waals surface area contributed by atoms with Crippen molar-refractivity contribution in [3.63, 3.8) is 0 Å². The van der Waals surface area contributed by atoms with Gasteiger partial charge in [0.25, 0.3) is 5.91 Å². The van der Waals surface area contributed by atoms with E-state index in [9.17, 15) is 14.7 Å². The van der Waals surface area contributed by atoms with Gasteiger partial charge in [-0.1, -0.05) is 18.2 Å². The fourth-order valence-corrected chi connectivity index (χ4v) is 3.63. The third-order valence-electron chi connectivity index (χ3n) is 5.12. The molecule has 1 aromatic heterocycles. The number of anilines is 1. The van der Waals surface area contributed by atoms with Crippen molar-refractivity contribution in [2.45, 2.75) is 31.3 Å². The van der Waals surface area contributed by atoms with Crippen molar-refractivity contribution < 1.29 is 28.6 Å². The van der Waals surface area contributed by atoms with E-state index in [0.29, 0.717) is 29.9 Å². The van der Waals surface area contributed by atoms with Gasteiger partial charge in [0.2, 0.25) is 0 Å². The fourth-order valence-electron chi connectivity index (χ4n) is 3.63. The van der Waals surface area contributed by atoms with Crippen LogP contribution in [0.25, 0.3) is 21.9 Å². The molecule has 0 radical (unpaired) electrons. The van der Waals surface area contributed by atoms with Crippen molar-refractivity contribution in [3.05, 3.63) is 36.4 Å². The predicted octanol–water partition coefficient (Wildman–Crippen LogP) is 3.38. The first-order valence-electron chi connectivity index (χ1n) is 9.19. The Morgan fingerprint density at radius 1 is 1.14 bits per heavy atom. The highest BCUT2D eigenvalue weighted by molar-refractivity contribution is 6.07. The molecular formula is C21H21NO6. The quantitative estimate of drug-likeness (QED) is 0.656. The van der Waals surface area contributed by atoms with Gasteiger partial charge in [-0.15, -0.1) is 0 Å². The Morgan fingerprint density at radius 3 is 2.64 bits per heavy atom. The number of amides is 1. The van der Waals surface area contributed by atoms with Crippen LogP contribution in [0.3, 0.4) is 0 Å². The summed E-state index contributed by atoms with van der Waals surface area (Å²) in [6, 6.07) is 11.1. The maximum atomic E-state index is 12.3. The van der Waals surface area contributed by atoms with Gasteiger partial charge in [0.15, 0.2) is 12.2 Å². The number of aliphatic hydroxyl groups is 1. The van der Waals surface area contributed by atoms with E-state index >= 15 is 0 Å². The number of carbonyl (C=O) groups excluding carboxylic acids is 2. The van der Waals surface area contributed by atoms with Gasteiger partial charge in [0.05, 0.1) is 12.8 Å². The minimum Gasteiger partial charge on any atom is -0.495 e. The number of hydrogen-bond donors (Lipinski definition) is 2. The summed E-state index contributed by atoms with van der Waals surface area (Å²) < 4.78 is 16.2. The molecule has 1 heterocycles. The first kappa shape index (κ1) is 18.3. The lowest BCUT2D eigenvalue weighted by atomic mass is 10.0. The fraction of sp³-hybridized carbons (Fsp3) is 0.333. The number of fused-ring (bicyclic) bond motifs is 3. The molecule has 28 heavy (non-hydrogen) atoms. The molecule has 1 fully saturated rings. The first-order chi connectivity index (χ1) is 13.5. The zero-order valence-corrected chi connectivity index (χ0v) is 15.5. The monoisotopic (exact) mass is 383 g/mol. The van der Waals surface area contributed by atoms with Gasteiger partial charge >= 0.3 is 5.97 Å². The van der Waals surface area contributed by atoms with Crippen LogP contribution in [0.4, 0.5) is 5.69 Å². The van der Waals surface area contributed by atoms with Crippen LogP contribution in [0.15, 0.2) is 40.8 Å². The molecule has 0 saturated heterocycles. The van der Waals surface area contributed by atoms with Gasteiger partial charge in [-0.2, -0.15) is 0 Å². The Morgan fingerprint density at radius 2 is 1.89 bits per heavy atom. The Bertz CT molecular complexity index is 1050. The second-order valence-electron chi connectivity index (χ2n) is 7.01. The number of methoxy groups -OCH3 is 1. The van der Waals surface area contributed by atoms with Crippen molar-refractivity contribution in [3.8, 4) is 5.75 Å². The van der Waals surface area contributed by atoms with E-state index in [1.54, 1.807) is 12.1 Å². The zero-order valence-electron chi connectivity index (χ0n) is 15.5. The molecular weight excluding hydrogens is 362 g/mol. The van der Waals surface area contributed by atoms with Crippen LogP contribution in [0.1, 0.15) is 25.7 Å². The number of hydrogen-bond acceptors (Lipinski definition) is 6. The molecule has 146 valence electrons. The topological polar surface area (TPSA) is 98.0 Å². The molecule has 2 N–H and O–H groups in total. The van der Waals surface area contributed by atoms with Crippen molar-refractivity contribution in [2.24, 2.45) is 0 Å². The predicted molar refractivity (Wildman–Crippen MR) is 103 cm³/mol. The third-order valence-corrected chi connectivity index (χ3v) is 5.12. The molecule has 0 aliphatic heterocycles. The molecule has 1 aliphatic carbocycles. The van der Waals surface area contributed by atoms with Crippen LogP contribution in [0, 0.1) is 0 Å². The van der Waals surface area contributed by atoms with E-state index < -0.39 is 24.1 Å². The van der Waals surface area contributed by atoms with Gasteiger partial charge < -0.3 is 24.3 Å². The third kappa shape index (κ3) is 3.29. The number of rotatable bonds is 5. The normalized spacial score (nSPS) is 15.6. The summed E-state index contributed by atoms with van der Waals surface area (Å²) in [6.45, 7) is -0.484. The second-order valence-corrected chi connectivity index (χ2v) is 7.01. The lowest BCUT2D eigenvalue weighted by Gasteiger charge is -2.19. The number of furan rings is 1. The molecule has 0 unspecified atom stereocenters. The minimum atomic E-state index is -1.47. The first-order valence-corrected chi connectivity index (χ1v) is 9.19. The summed E-state index contributed by atoms with van der Waals surface area (Å²) in [5.74, 6) is -0.809. The summed E-state index contributed by atoms with van der Waals surface area (Å²) in [5.41, 5.74) is 0.288. The van der Waals surface area contributed by atoms with E-state index in [0.717, 1.165) is 29.2 Å². The molecule has 4 rings (SSSR count). The van der Waals surface area contributed by atoms with E-state index in [-0.39, 0.29) is 0 Å². The van der Waals surface area contributed by atoms with E-state index in [2.05, 4.69) is 5.32 Å². The van der Waals surface area contributed by atoms with Crippen molar-refractivity contribution in [2.75, 3.05) is 19.0 Å². The van der Waals surface area contributed by atoms with Crippen molar-refractivity contribution in [1.82, 2.24) is 0 Å². The number of carbonyl (C=O) groups is 2. The van der Waals surface area contributed by atoms with Gasteiger partial charge in [0, 0.05) is 16.8 Å². The summed E-state index contributed by atoms with van der Waals surface area (Å²) in [6.07, 6.45) is 2.27. The number of nitrogens with one attached hydrogen (secondary N) is 1. The summed E-state index contributed by atoms with van der Waals surface area (Å²) in [4.78, 5) is 24.3. The average Bonchev–Trinajstić information content (AvgIpc) is 3.29. The van der Waals surface area contributed by atoms with Crippen LogP contribution < -0.4 is 10.1 Å². The van der Waals surface area contributed by atoms with E-state index in [4.69, 9.17) is 13.9 Å². The molecule has 7 heteroatoms. The number of para-hydroxylation sites is 1. The zero-order chi connectivity index (χ0) is 19.7. The van der Waals surface area contributed by atoms with Gasteiger partial charge in [0.1, 0.15) is 16.9 Å². The summed E-state index contributed by atoms with van der Waals surface area (Å²) in [5, 5.41) is 14.7. The average molecular weight is 383 g/mol.